The SMILES string of the molecule is CN(c1ccncc1N)S(=O)(=O)c1cccs1. The lowest BCUT2D eigenvalue weighted by atomic mass is 10.3. The average molecular weight is 269 g/mol. The summed E-state index contributed by atoms with van der Waals surface area (Å²) in [5.74, 6) is 0. The van der Waals surface area contributed by atoms with Crippen LogP contribution in [0.3, 0.4) is 0 Å². The quantitative estimate of drug-likeness (QED) is 0.917. The van der Waals surface area contributed by atoms with Crippen LogP contribution in [-0.2, 0) is 10.0 Å². The summed E-state index contributed by atoms with van der Waals surface area (Å²) < 4.78 is 25.9. The molecule has 0 fully saturated rings. The van der Waals surface area contributed by atoms with Crippen molar-refractivity contribution in [3.63, 3.8) is 0 Å². The van der Waals surface area contributed by atoms with Gasteiger partial charge in [0.1, 0.15) is 4.21 Å². The van der Waals surface area contributed by atoms with Gasteiger partial charge >= 0.3 is 0 Å². The molecule has 0 spiro atoms. The Labute approximate surface area is 104 Å². The molecule has 0 radical (unpaired) electrons. The Kier molecular flexibility index (Phi) is 3.03. The molecule has 2 N–H and O–H groups in total. The minimum Gasteiger partial charge on any atom is -0.396 e. The molecule has 2 aromatic heterocycles. The van der Waals surface area contributed by atoms with E-state index in [4.69, 9.17) is 5.73 Å². The van der Waals surface area contributed by atoms with E-state index < -0.39 is 10.0 Å². The third kappa shape index (κ3) is 2.11. The number of thiophene rings is 1. The Morgan fingerprint density at radius 3 is 2.76 bits per heavy atom. The van der Waals surface area contributed by atoms with Crippen molar-refractivity contribution >= 4 is 32.7 Å². The van der Waals surface area contributed by atoms with Gasteiger partial charge in [0.15, 0.2) is 0 Å². The van der Waals surface area contributed by atoms with E-state index in [0.29, 0.717) is 11.4 Å². The second-order valence-electron chi connectivity index (χ2n) is 3.34. The molecule has 0 aliphatic rings. The highest BCUT2D eigenvalue weighted by atomic mass is 32.2. The van der Waals surface area contributed by atoms with Gasteiger partial charge in [-0.2, -0.15) is 0 Å². The largest absolute Gasteiger partial charge is 0.396 e. The van der Waals surface area contributed by atoms with E-state index in [1.165, 1.54) is 30.8 Å². The lowest BCUT2D eigenvalue weighted by molar-refractivity contribution is 0.596. The van der Waals surface area contributed by atoms with Crippen LogP contribution < -0.4 is 10.0 Å². The predicted molar refractivity (Wildman–Crippen MR) is 68.6 cm³/mol. The molecule has 0 unspecified atom stereocenters. The van der Waals surface area contributed by atoms with Crippen molar-refractivity contribution in [2.24, 2.45) is 0 Å². The smallest absolute Gasteiger partial charge is 0.273 e. The van der Waals surface area contributed by atoms with Gasteiger partial charge in [0.2, 0.25) is 0 Å². The molecule has 0 aliphatic carbocycles. The third-order valence-corrected chi connectivity index (χ3v) is 5.42. The van der Waals surface area contributed by atoms with E-state index in [0.717, 1.165) is 4.31 Å². The summed E-state index contributed by atoms with van der Waals surface area (Å²) in [6.07, 6.45) is 2.93. The Morgan fingerprint density at radius 2 is 2.18 bits per heavy atom. The number of hydrogen-bond acceptors (Lipinski definition) is 5. The number of hydrogen-bond donors (Lipinski definition) is 1. The first kappa shape index (κ1) is 11.9. The van der Waals surface area contributed by atoms with Gasteiger partial charge in [-0.25, -0.2) is 8.42 Å². The second-order valence-corrected chi connectivity index (χ2v) is 6.48. The lowest BCUT2D eigenvalue weighted by Gasteiger charge is -2.19. The van der Waals surface area contributed by atoms with Crippen LogP contribution in [-0.4, -0.2) is 20.4 Å². The molecular formula is C10H11N3O2S2. The van der Waals surface area contributed by atoms with E-state index >= 15 is 0 Å². The monoisotopic (exact) mass is 269 g/mol. The van der Waals surface area contributed by atoms with Crippen LogP contribution in [0, 0.1) is 0 Å². The van der Waals surface area contributed by atoms with Gasteiger partial charge in [-0.15, -0.1) is 11.3 Å². The first-order valence-electron chi connectivity index (χ1n) is 4.75. The fourth-order valence-electron chi connectivity index (χ4n) is 1.36. The minimum atomic E-state index is -3.53. The van der Waals surface area contributed by atoms with E-state index in [1.54, 1.807) is 23.6 Å². The van der Waals surface area contributed by atoms with E-state index in [9.17, 15) is 8.42 Å². The highest BCUT2D eigenvalue weighted by molar-refractivity contribution is 7.94. The van der Waals surface area contributed by atoms with Crippen molar-refractivity contribution in [1.82, 2.24) is 4.98 Å². The summed E-state index contributed by atoms with van der Waals surface area (Å²) in [6.45, 7) is 0. The number of sulfonamides is 1. The zero-order valence-corrected chi connectivity index (χ0v) is 10.7. The molecule has 7 heteroatoms. The molecule has 0 aliphatic heterocycles. The third-order valence-electron chi connectivity index (χ3n) is 2.28. The number of nitrogens with zero attached hydrogens (tertiary/aromatic N) is 2. The van der Waals surface area contributed by atoms with Crippen LogP contribution in [0.2, 0.25) is 0 Å². The van der Waals surface area contributed by atoms with Crippen LogP contribution >= 0.6 is 11.3 Å². The van der Waals surface area contributed by atoms with Gasteiger partial charge in [-0.1, -0.05) is 6.07 Å². The van der Waals surface area contributed by atoms with Gasteiger partial charge in [0.05, 0.1) is 17.6 Å². The Morgan fingerprint density at radius 1 is 1.41 bits per heavy atom. The van der Waals surface area contributed by atoms with Gasteiger partial charge < -0.3 is 5.73 Å². The van der Waals surface area contributed by atoms with E-state index in [1.807, 2.05) is 0 Å². The summed E-state index contributed by atoms with van der Waals surface area (Å²) in [4.78, 5) is 3.83. The molecule has 0 bridgehead atoms. The highest BCUT2D eigenvalue weighted by Gasteiger charge is 2.23. The number of rotatable bonds is 3. The van der Waals surface area contributed by atoms with Crippen LogP contribution in [0.1, 0.15) is 0 Å². The van der Waals surface area contributed by atoms with E-state index in [-0.39, 0.29) is 4.21 Å². The summed E-state index contributed by atoms with van der Waals surface area (Å²) in [5, 5.41) is 1.72. The molecule has 0 saturated carbocycles. The standard InChI is InChI=1S/C10H11N3O2S2/c1-13(9-4-5-12-7-8(9)11)17(14,15)10-3-2-6-16-10/h2-7H,11H2,1H3. The van der Waals surface area contributed by atoms with Crippen molar-refractivity contribution < 1.29 is 8.42 Å². The molecule has 17 heavy (non-hydrogen) atoms. The molecular weight excluding hydrogens is 258 g/mol. The highest BCUT2D eigenvalue weighted by Crippen LogP contribution is 2.28. The minimum absolute atomic E-state index is 0.288. The van der Waals surface area contributed by atoms with Crippen molar-refractivity contribution in [3.05, 3.63) is 36.0 Å². The van der Waals surface area contributed by atoms with Crippen LogP contribution in [0.15, 0.2) is 40.2 Å². The van der Waals surface area contributed by atoms with Crippen molar-refractivity contribution in [2.75, 3.05) is 17.1 Å². The normalized spacial score (nSPS) is 11.4. The summed E-state index contributed by atoms with van der Waals surface area (Å²) in [6, 6.07) is 4.83. The Hall–Kier alpha value is -1.60. The van der Waals surface area contributed by atoms with Crippen molar-refractivity contribution in [1.29, 1.82) is 0 Å². The first-order chi connectivity index (χ1) is 8.03. The zero-order chi connectivity index (χ0) is 12.5. The van der Waals surface area contributed by atoms with Crippen LogP contribution in [0.4, 0.5) is 11.4 Å². The molecule has 0 amide bonds. The van der Waals surface area contributed by atoms with Gasteiger partial charge in [0, 0.05) is 13.2 Å². The summed E-state index contributed by atoms with van der Waals surface area (Å²) in [7, 11) is -2.05. The lowest BCUT2D eigenvalue weighted by Crippen LogP contribution is -2.26. The van der Waals surface area contributed by atoms with Crippen LogP contribution in [0.5, 0.6) is 0 Å². The Balaban J connectivity index is 2.46. The molecule has 0 aromatic carbocycles. The second kappa shape index (κ2) is 4.34. The fourth-order valence-corrected chi connectivity index (χ4v) is 3.74. The van der Waals surface area contributed by atoms with Gasteiger partial charge in [-0.3, -0.25) is 9.29 Å². The molecule has 2 aromatic rings. The number of aromatic nitrogens is 1. The predicted octanol–water partition coefficient (Wildman–Crippen LogP) is 1.55. The van der Waals surface area contributed by atoms with E-state index in [2.05, 4.69) is 4.98 Å². The molecule has 5 nitrogen and oxygen atoms in total. The van der Waals surface area contributed by atoms with Crippen molar-refractivity contribution in [3.8, 4) is 0 Å². The first-order valence-corrected chi connectivity index (χ1v) is 7.07. The van der Waals surface area contributed by atoms with Crippen LogP contribution in [0.25, 0.3) is 0 Å². The number of nitrogens with two attached hydrogens (primary N) is 1. The number of pyridine rings is 1. The average Bonchev–Trinajstić information content (AvgIpc) is 2.83. The van der Waals surface area contributed by atoms with Crippen molar-refractivity contribution in [2.45, 2.75) is 4.21 Å². The number of nitrogen functional groups attached to an aromatic ring is 1. The maximum absolute atomic E-state index is 12.2. The maximum Gasteiger partial charge on any atom is 0.273 e. The fraction of sp³-hybridized carbons (Fsp3) is 0.100. The molecule has 90 valence electrons. The summed E-state index contributed by atoms with van der Waals surface area (Å²) >= 11 is 1.17. The van der Waals surface area contributed by atoms with Gasteiger partial charge in [0.25, 0.3) is 10.0 Å². The maximum atomic E-state index is 12.2. The topological polar surface area (TPSA) is 76.3 Å². The molecule has 2 heterocycles. The van der Waals surface area contributed by atoms with Gasteiger partial charge in [-0.05, 0) is 17.5 Å². The molecule has 0 atom stereocenters. The molecule has 0 saturated heterocycles. The summed E-state index contributed by atoms with van der Waals surface area (Å²) in [5.41, 5.74) is 6.46. The zero-order valence-electron chi connectivity index (χ0n) is 9.07. The Bertz CT molecular complexity index is 608. The number of anilines is 2. The molecule has 2 rings (SSSR count).